The van der Waals surface area contributed by atoms with Crippen LogP contribution in [0.2, 0.25) is 0 Å². The summed E-state index contributed by atoms with van der Waals surface area (Å²) in [5, 5.41) is 9.21. The highest BCUT2D eigenvalue weighted by molar-refractivity contribution is 7.85. The number of anilines is 1. The lowest BCUT2D eigenvalue weighted by Crippen LogP contribution is -2.08. The van der Waals surface area contributed by atoms with Crippen molar-refractivity contribution in [2.45, 2.75) is 5.03 Å². The van der Waals surface area contributed by atoms with Gasteiger partial charge in [0.05, 0.1) is 4.92 Å². The first-order valence-corrected chi connectivity index (χ1v) is 4.59. The number of nitro groups is 1. The van der Waals surface area contributed by atoms with Crippen LogP contribution in [0.1, 0.15) is 0 Å². The van der Waals surface area contributed by atoms with Crippen molar-refractivity contribution in [2.75, 3.05) is 5.73 Å². The molecule has 9 heteroatoms. The summed E-state index contributed by atoms with van der Waals surface area (Å²) in [6.45, 7) is 0. The Morgan fingerprint density at radius 1 is 1.50 bits per heavy atom. The van der Waals surface area contributed by atoms with Gasteiger partial charge in [-0.1, -0.05) is 0 Å². The van der Waals surface area contributed by atoms with Crippen molar-refractivity contribution in [3.63, 3.8) is 0 Å². The second-order valence-electron chi connectivity index (χ2n) is 2.27. The maximum atomic E-state index is 10.5. The van der Waals surface area contributed by atoms with Gasteiger partial charge < -0.3 is 10.3 Å². The van der Waals surface area contributed by atoms with Crippen molar-refractivity contribution >= 4 is 21.5 Å². The Morgan fingerprint density at radius 2 is 2.07 bits per heavy atom. The number of nitrogen functional groups attached to an aromatic ring is 1. The van der Waals surface area contributed by atoms with E-state index in [1.54, 1.807) is 0 Å². The molecule has 0 bridgehead atoms. The van der Waals surface area contributed by atoms with Crippen LogP contribution in [0.4, 0.5) is 11.4 Å². The summed E-state index contributed by atoms with van der Waals surface area (Å²) in [5.74, 6) is 0. The lowest BCUT2D eigenvalue weighted by Gasteiger charge is -2.06. The summed E-state index contributed by atoms with van der Waals surface area (Å²) in [6.07, 6.45) is 0.910. The first kappa shape index (κ1) is 10.3. The van der Waals surface area contributed by atoms with Gasteiger partial charge in [0.1, 0.15) is 15.8 Å². The van der Waals surface area contributed by atoms with E-state index in [-0.39, 0.29) is 0 Å². The van der Waals surface area contributed by atoms with Crippen LogP contribution in [-0.4, -0.2) is 22.9 Å². The van der Waals surface area contributed by atoms with Crippen LogP contribution in [-0.2, 0) is 10.1 Å². The molecule has 0 aliphatic carbocycles. The SMILES string of the molecule is Nc1ccnc(S(=O)(=O)[O-])c1[N+](=O)[O-]. The van der Waals surface area contributed by atoms with Crippen LogP contribution >= 0.6 is 0 Å². The van der Waals surface area contributed by atoms with Crippen molar-refractivity contribution in [3.8, 4) is 0 Å². The van der Waals surface area contributed by atoms with Gasteiger partial charge in [-0.2, -0.15) is 0 Å². The van der Waals surface area contributed by atoms with Gasteiger partial charge in [0.2, 0.25) is 5.03 Å². The fourth-order valence-electron chi connectivity index (χ4n) is 0.815. The van der Waals surface area contributed by atoms with Crippen molar-refractivity contribution in [3.05, 3.63) is 22.4 Å². The minimum atomic E-state index is -4.98. The predicted octanol–water partition coefficient (Wildman–Crippen LogP) is -0.524. The van der Waals surface area contributed by atoms with E-state index in [9.17, 15) is 23.1 Å². The Morgan fingerprint density at radius 3 is 2.43 bits per heavy atom. The van der Waals surface area contributed by atoms with Gasteiger partial charge in [-0.3, -0.25) is 10.1 Å². The number of hydrogen-bond donors (Lipinski definition) is 1. The first-order chi connectivity index (χ1) is 6.34. The minimum Gasteiger partial charge on any atom is -0.743 e. The van der Waals surface area contributed by atoms with Crippen molar-refractivity contribution in [2.24, 2.45) is 0 Å². The highest BCUT2D eigenvalue weighted by Gasteiger charge is 2.23. The number of nitrogens with zero attached hydrogens (tertiary/aromatic N) is 2. The van der Waals surface area contributed by atoms with E-state index in [1.807, 2.05) is 0 Å². The molecule has 0 radical (unpaired) electrons. The van der Waals surface area contributed by atoms with Crippen LogP contribution < -0.4 is 5.73 Å². The molecule has 0 atom stereocenters. The van der Waals surface area contributed by atoms with Gasteiger partial charge in [0.15, 0.2) is 0 Å². The van der Waals surface area contributed by atoms with E-state index in [1.165, 1.54) is 0 Å². The van der Waals surface area contributed by atoms with E-state index in [4.69, 9.17) is 5.73 Å². The second kappa shape index (κ2) is 3.20. The Kier molecular flexibility index (Phi) is 2.36. The quantitative estimate of drug-likeness (QED) is 0.400. The summed E-state index contributed by atoms with van der Waals surface area (Å²) in [4.78, 5) is 12.4. The zero-order valence-electron chi connectivity index (χ0n) is 6.58. The third-order valence-electron chi connectivity index (χ3n) is 1.34. The van der Waals surface area contributed by atoms with E-state index in [2.05, 4.69) is 4.98 Å². The molecule has 14 heavy (non-hydrogen) atoms. The highest BCUT2D eigenvalue weighted by Crippen LogP contribution is 2.26. The fraction of sp³-hybridized carbons (Fsp3) is 0. The van der Waals surface area contributed by atoms with Crippen LogP contribution in [0.3, 0.4) is 0 Å². The molecule has 1 aromatic heterocycles. The van der Waals surface area contributed by atoms with Gasteiger partial charge in [-0.05, 0) is 6.07 Å². The van der Waals surface area contributed by atoms with Crippen molar-refractivity contribution in [1.29, 1.82) is 0 Å². The van der Waals surface area contributed by atoms with Gasteiger partial charge in [-0.15, -0.1) is 0 Å². The molecule has 76 valence electrons. The average molecular weight is 218 g/mol. The van der Waals surface area contributed by atoms with Gasteiger partial charge >= 0.3 is 5.69 Å². The van der Waals surface area contributed by atoms with Crippen LogP contribution in [0, 0.1) is 10.1 Å². The molecular weight excluding hydrogens is 214 g/mol. The van der Waals surface area contributed by atoms with Crippen LogP contribution in [0.5, 0.6) is 0 Å². The molecule has 0 fully saturated rings. The molecule has 0 aliphatic rings. The Bertz CT molecular complexity index is 482. The third kappa shape index (κ3) is 1.78. The highest BCUT2D eigenvalue weighted by atomic mass is 32.2. The molecule has 0 saturated heterocycles. The molecule has 0 unspecified atom stereocenters. The summed E-state index contributed by atoms with van der Waals surface area (Å²) in [7, 11) is -4.98. The summed E-state index contributed by atoms with van der Waals surface area (Å²) < 4.78 is 31.6. The smallest absolute Gasteiger partial charge is 0.328 e. The Labute approximate surface area is 78.3 Å². The van der Waals surface area contributed by atoms with E-state index in [0.717, 1.165) is 12.3 Å². The number of pyridine rings is 1. The summed E-state index contributed by atoms with van der Waals surface area (Å²) in [5.41, 5.74) is 3.73. The van der Waals surface area contributed by atoms with Crippen LogP contribution in [0.15, 0.2) is 17.3 Å². The molecule has 2 N–H and O–H groups in total. The number of nitrogens with two attached hydrogens (primary N) is 1. The lowest BCUT2D eigenvalue weighted by atomic mass is 10.4. The summed E-state index contributed by atoms with van der Waals surface area (Å²) in [6, 6.07) is 1.03. The Balaban J connectivity index is 3.61. The standard InChI is InChI=1S/C5H5N3O5S/c6-3-1-2-7-5(14(11,12)13)4(3)8(9)10/h1-2H,(H2,6,7)(H,11,12,13)/p-1. The monoisotopic (exact) mass is 218 g/mol. The molecule has 0 aromatic carbocycles. The van der Waals surface area contributed by atoms with Crippen molar-refractivity contribution in [1.82, 2.24) is 4.98 Å². The van der Waals surface area contributed by atoms with Gasteiger partial charge in [-0.25, -0.2) is 13.4 Å². The second-order valence-corrected chi connectivity index (χ2v) is 3.56. The largest absolute Gasteiger partial charge is 0.743 e. The van der Waals surface area contributed by atoms with Gasteiger partial charge in [0.25, 0.3) is 0 Å². The molecule has 0 amide bonds. The topological polar surface area (TPSA) is 139 Å². The predicted molar refractivity (Wildman–Crippen MR) is 43.3 cm³/mol. The molecule has 0 saturated carbocycles. The van der Waals surface area contributed by atoms with E-state index >= 15 is 0 Å². The lowest BCUT2D eigenvalue weighted by molar-refractivity contribution is -0.387. The molecular formula is C5H4N3O5S-. The molecule has 1 heterocycles. The molecule has 0 aliphatic heterocycles. The van der Waals surface area contributed by atoms with Crippen LogP contribution in [0.25, 0.3) is 0 Å². The minimum absolute atomic E-state index is 0.417. The van der Waals surface area contributed by atoms with Crippen molar-refractivity contribution < 1.29 is 17.9 Å². The first-order valence-electron chi connectivity index (χ1n) is 3.19. The fourth-order valence-corrected chi connectivity index (χ4v) is 1.43. The molecule has 8 nitrogen and oxygen atoms in total. The number of aromatic nitrogens is 1. The number of rotatable bonds is 2. The van der Waals surface area contributed by atoms with E-state index in [0.29, 0.717) is 0 Å². The number of hydrogen-bond acceptors (Lipinski definition) is 7. The van der Waals surface area contributed by atoms with Gasteiger partial charge in [0, 0.05) is 6.20 Å². The maximum absolute atomic E-state index is 10.5. The third-order valence-corrected chi connectivity index (χ3v) is 2.11. The summed E-state index contributed by atoms with van der Waals surface area (Å²) >= 11 is 0. The van der Waals surface area contributed by atoms with E-state index < -0.39 is 31.4 Å². The molecule has 0 spiro atoms. The molecule has 1 rings (SSSR count). The average Bonchev–Trinajstić information content (AvgIpc) is 2.01. The zero-order chi connectivity index (χ0) is 10.9. The zero-order valence-corrected chi connectivity index (χ0v) is 7.39. The molecule has 1 aromatic rings. The Hall–Kier alpha value is -1.74. The normalized spacial score (nSPS) is 11.2. The maximum Gasteiger partial charge on any atom is 0.328 e.